The Morgan fingerprint density at radius 3 is 2.83 bits per heavy atom. The first kappa shape index (κ1) is 16.3. The lowest BCUT2D eigenvalue weighted by Gasteiger charge is -2.24. The van der Waals surface area contributed by atoms with E-state index in [1.807, 2.05) is 24.3 Å². The molecule has 1 aliphatic rings. The number of amides is 1. The van der Waals surface area contributed by atoms with Crippen molar-refractivity contribution in [3.8, 4) is 11.5 Å². The van der Waals surface area contributed by atoms with Crippen molar-refractivity contribution in [1.82, 2.24) is 5.32 Å². The standard InChI is InChI=1S/C19H21NO4/c1-23-15-6-4-7-16(11-15)24-12-18(21)20-13-19(22)10-9-14-5-2-3-8-17(14)19/h2-8,11,22H,9-10,12-13H2,1H3,(H,20,21). The van der Waals surface area contributed by atoms with E-state index in [1.165, 1.54) is 0 Å². The van der Waals surface area contributed by atoms with E-state index in [0.717, 1.165) is 17.5 Å². The minimum absolute atomic E-state index is 0.106. The van der Waals surface area contributed by atoms with Gasteiger partial charge in [-0.3, -0.25) is 4.79 Å². The summed E-state index contributed by atoms with van der Waals surface area (Å²) in [4.78, 5) is 12.0. The van der Waals surface area contributed by atoms with Gasteiger partial charge in [-0.25, -0.2) is 0 Å². The van der Waals surface area contributed by atoms with Crippen LogP contribution < -0.4 is 14.8 Å². The van der Waals surface area contributed by atoms with E-state index in [2.05, 4.69) is 5.32 Å². The van der Waals surface area contributed by atoms with Crippen LogP contribution in [0.3, 0.4) is 0 Å². The molecule has 1 aliphatic carbocycles. The molecule has 3 rings (SSSR count). The number of benzene rings is 2. The van der Waals surface area contributed by atoms with Crippen molar-refractivity contribution in [3.63, 3.8) is 0 Å². The predicted octanol–water partition coefficient (Wildman–Crippen LogP) is 2.02. The number of carbonyl (C=O) groups is 1. The van der Waals surface area contributed by atoms with Crippen LogP contribution in [-0.2, 0) is 16.8 Å². The third-order valence-corrected chi connectivity index (χ3v) is 4.32. The van der Waals surface area contributed by atoms with E-state index < -0.39 is 5.60 Å². The van der Waals surface area contributed by atoms with E-state index in [4.69, 9.17) is 9.47 Å². The SMILES string of the molecule is COc1cccc(OCC(=O)NCC2(O)CCc3ccccc32)c1. The smallest absolute Gasteiger partial charge is 0.258 e. The Morgan fingerprint density at radius 2 is 2.00 bits per heavy atom. The Bertz CT molecular complexity index is 731. The molecule has 0 fully saturated rings. The molecule has 1 amide bonds. The number of aryl methyl sites for hydroxylation is 1. The van der Waals surface area contributed by atoms with Gasteiger partial charge in [0.15, 0.2) is 6.61 Å². The molecule has 0 aliphatic heterocycles. The number of hydrogen-bond acceptors (Lipinski definition) is 4. The quantitative estimate of drug-likeness (QED) is 0.852. The molecule has 0 spiro atoms. The minimum Gasteiger partial charge on any atom is -0.497 e. The second-order valence-corrected chi connectivity index (χ2v) is 5.93. The second kappa shape index (κ2) is 6.93. The van der Waals surface area contributed by atoms with Crippen molar-refractivity contribution in [2.24, 2.45) is 0 Å². The molecule has 0 heterocycles. The molecule has 126 valence electrons. The highest BCUT2D eigenvalue weighted by Gasteiger charge is 2.36. The summed E-state index contributed by atoms with van der Waals surface area (Å²) in [5.41, 5.74) is 1.04. The van der Waals surface area contributed by atoms with Crippen molar-refractivity contribution >= 4 is 5.91 Å². The zero-order chi connectivity index (χ0) is 17.0. The summed E-state index contributed by atoms with van der Waals surface area (Å²) in [6.45, 7) is 0.0786. The Balaban J connectivity index is 1.53. The maximum atomic E-state index is 12.0. The highest BCUT2D eigenvalue weighted by Crippen LogP contribution is 2.36. The third kappa shape index (κ3) is 3.51. The lowest BCUT2D eigenvalue weighted by molar-refractivity contribution is -0.124. The van der Waals surface area contributed by atoms with Gasteiger partial charge in [-0.1, -0.05) is 30.3 Å². The molecule has 5 heteroatoms. The summed E-state index contributed by atoms with van der Waals surface area (Å²) in [6.07, 6.45) is 1.44. The van der Waals surface area contributed by atoms with Crippen molar-refractivity contribution < 1.29 is 19.4 Å². The molecule has 0 bridgehead atoms. The van der Waals surface area contributed by atoms with Crippen LogP contribution in [0.5, 0.6) is 11.5 Å². The number of carbonyl (C=O) groups excluding carboxylic acids is 1. The number of aliphatic hydroxyl groups is 1. The zero-order valence-electron chi connectivity index (χ0n) is 13.6. The molecule has 24 heavy (non-hydrogen) atoms. The zero-order valence-corrected chi connectivity index (χ0v) is 13.6. The number of rotatable bonds is 6. The van der Waals surface area contributed by atoms with E-state index in [1.54, 1.807) is 31.4 Å². The highest BCUT2D eigenvalue weighted by molar-refractivity contribution is 5.77. The topological polar surface area (TPSA) is 67.8 Å². The van der Waals surface area contributed by atoms with Gasteiger partial charge in [-0.05, 0) is 36.1 Å². The van der Waals surface area contributed by atoms with E-state index in [-0.39, 0.29) is 19.1 Å². The third-order valence-electron chi connectivity index (χ3n) is 4.32. The molecular formula is C19H21NO4. The Labute approximate surface area is 141 Å². The number of hydrogen-bond donors (Lipinski definition) is 2. The molecule has 0 saturated carbocycles. The molecular weight excluding hydrogens is 306 g/mol. The summed E-state index contributed by atoms with van der Waals surface area (Å²) in [5.74, 6) is 0.967. The summed E-state index contributed by atoms with van der Waals surface area (Å²) in [6, 6.07) is 14.9. The fourth-order valence-electron chi connectivity index (χ4n) is 2.99. The Kier molecular flexibility index (Phi) is 4.71. The minimum atomic E-state index is -0.998. The monoisotopic (exact) mass is 327 g/mol. The first-order valence-corrected chi connectivity index (χ1v) is 7.95. The van der Waals surface area contributed by atoms with Crippen LogP contribution in [0.2, 0.25) is 0 Å². The molecule has 2 aromatic rings. The van der Waals surface area contributed by atoms with Crippen LogP contribution in [0.1, 0.15) is 17.5 Å². The van der Waals surface area contributed by atoms with Gasteiger partial charge in [0.2, 0.25) is 0 Å². The molecule has 2 N–H and O–H groups in total. The number of methoxy groups -OCH3 is 1. The van der Waals surface area contributed by atoms with E-state index in [9.17, 15) is 9.90 Å². The Hall–Kier alpha value is -2.53. The first-order valence-electron chi connectivity index (χ1n) is 7.95. The van der Waals surface area contributed by atoms with Crippen LogP contribution in [-0.4, -0.2) is 31.3 Å². The average Bonchev–Trinajstić information content (AvgIpc) is 2.96. The lowest BCUT2D eigenvalue weighted by Crippen LogP contribution is -2.41. The van der Waals surface area contributed by atoms with Crippen molar-refractivity contribution in [2.75, 3.05) is 20.3 Å². The summed E-state index contributed by atoms with van der Waals surface area (Å²) in [7, 11) is 1.58. The molecule has 5 nitrogen and oxygen atoms in total. The molecule has 0 aromatic heterocycles. The predicted molar refractivity (Wildman–Crippen MR) is 90.2 cm³/mol. The van der Waals surface area contributed by atoms with Gasteiger partial charge < -0.3 is 19.9 Å². The van der Waals surface area contributed by atoms with Gasteiger partial charge in [0.1, 0.15) is 17.1 Å². The first-order chi connectivity index (χ1) is 11.6. The fourth-order valence-corrected chi connectivity index (χ4v) is 2.99. The second-order valence-electron chi connectivity index (χ2n) is 5.93. The van der Waals surface area contributed by atoms with Gasteiger partial charge >= 0.3 is 0 Å². The Morgan fingerprint density at radius 1 is 1.21 bits per heavy atom. The van der Waals surface area contributed by atoms with E-state index in [0.29, 0.717) is 17.9 Å². The largest absolute Gasteiger partial charge is 0.497 e. The van der Waals surface area contributed by atoms with E-state index >= 15 is 0 Å². The fraction of sp³-hybridized carbons (Fsp3) is 0.316. The average molecular weight is 327 g/mol. The van der Waals surface area contributed by atoms with Gasteiger partial charge in [-0.2, -0.15) is 0 Å². The van der Waals surface area contributed by atoms with Gasteiger partial charge in [-0.15, -0.1) is 0 Å². The summed E-state index contributed by atoms with van der Waals surface area (Å²) >= 11 is 0. The van der Waals surface area contributed by atoms with Crippen molar-refractivity contribution in [3.05, 3.63) is 59.7 Å². The maximum absolute atomic E-state index is 12.0. The lowest BCUT2D eigenvalue weighted by atomic mass is 9.96. The highest BCUT2D eigenvalue weighted by atomic mass is 16.5. The van der Waals surface area contributed by atoms with Crippen LogP contribution >= 0.6 is 0 Å². The maximum Gasteiger partial charge on any atom is 0.258 e. The molecule has 1 atom stereocenters. The molecule has 0 radical (unpaired) electrons. The van der Waals surface area contributed by atoms with Crippen LogP contribution in [0, 0.1) is 0 Å². The molecule has 1 unspecified atom stereocenters. The number of fused-ring (bicyclic) bond motifs is 1. The van der Waals surface area contributed by atoms with Crippen molar-refractivity contribution in [2.45, 2.75) is 18.4 Å². The van der Waals surface area contributed by atoms with Crippen LogP contribution in [0.4, 0.5) is 0 Å². The molecule has 2 aromatic carbocycles. The van der Waals surface area contributed by atoms with Crippen molar-refractivity contribution in [1.29, 1.82) is 0 Å². The normalized spacial score (nSPS) is 18.8. The van der Waals surface area contributed by atoms with Gasteiger partial charge in [0.25, 0.3) is 5.91 Å². The van der Waals surface area contributed by atoms with Gasteiger partial charge in [0.05, 0.1) is 13.7 Å². The summed E-state index contributed by atoms with van der Waals surface area (Å²) < 4.78 is 10.6. The number of nitrogens with one attached hydrogen (secondary N) is 1. The molecule has 0 saturated heterocycles. The summed E-state index contributed by atoms with van der Waals surface area (Å²) in [5, 5.41) is 13.5. The van der Waals surface area contributed by atoms with Crippen LogP contribution in [0.25, 0.3) is 0 Å². The van der Waals surface area contributed by atoms with Crippen LogP contribution in [0.15, 0.2) is 48.5 Å². The number of ether oxygens (including phenoxy) is 2. The van der Waals surface area contributed by atoms with Gasteiger partial charge in [0, 0.05) is 6.07 Å².